The van der Waals surface area contributed by atoms with Gasteiger partial charge in [0.15, 0.2) is 0 Å². The number of pyridine rings is 1. The molecular formula is C25H19ClN8O2. The molecule has 11 heteroatoms. The number of benzene rings is 2. The maximum Gasteiger partial charge on any atom is 0.251 e. The molecule has 0 saturated heterocycles. The zero-order valence-electron chi connectivity index (χ0n) is 18.8. The molecule has 0 bridgehead atoms. The quantitative estimate of drug-likeness (QED) is 0.382. The molecule has 5 aromatic rings. The number of nitrogens with zero attached hydrogens (tertiary/aromatic N) is 6. The van der Waals surface area contributed by atoms with Crippen LogP contribution in [0.15, 0.2) is 72.0 Å². The second-order valence-electron chi connectivity index (χ2n) is 8.46. The van der Waals surface area contributed by atoms with Crippen LogP contribution in [0.5, 0.6) is 0 Å². The van der Waals surface area contributed by atoms with Gasteiger partial charge in [-0.1, -0.05) is 17.7 Å². The second-order valence-corrected chi connectivity index (χ2v) is 8.90. The summed E-state index contributed by atoms with van der Waals surface area (Å²) in [6.07, 6.45) is 6.16. The number of carbonyl (C=O) groups excluding carboxylic acids is 1. The van der Waals surface area contributed by atoms with Gasteiger partial charge in [-0.2, -0.15) is 4.68 Å². The van der Waals surface area contributed by atoms with Crippen LogP contribution in [0.25, 0.3) is 28.1 Å². The molecule has 0 unspecified atom stereocenters. The van der Waals surface area contributed by atoms with Crippen LogP contribution in [0.1, 0.15) is 17.8 Å². The van der Waals surface area contributed by atoms with Crippen molar-refractivity contribution >= 4 is 23.2 Å². The molecule has 0 fully saturated rings. The van der Waals surface area contributed by atoms with Gasteiger partial charge in [0.05, 0.1) is 24.1 Å². The summed E-state index contributed by atoms with van der Waals surface area (Å²) in [7, 11) is 0. The van der Waals surface area contributed by atoms with Crippen LogP contribution < -0.4 is 10.9 Å². The lowest BCUT2D eigenvalue weighted by atomic mass is 9.99. The Labute approximate surface area is 209 Å². The van der Waals surface area contributed by atoms with E-state index in [0.29, 0.717) is 34.9 Å². The Morgan fingerprint density at radius 2 is 1.92 bits per heavy atom. The minimum absolute atomic E-state index is 0.0394. The largest absolute Gasteiger partial charge is 0.340 e. The van der Waals surface area contributed by atoms with Crippen molar-refractivity contribution in [2.75, 3.05) is 5.32 Å². The van der Waals surface area contributed by atoms with E-state index in [2.05, 4.69) is 36.9 Å². The Kier molecular flexibility index (Phi) is 5.42. The van der Waals surface area contributed by atoms with Crippen molar-refractivity contribution in [3.8, 4) is 28.1 Å². The van der Waals surface area contributed by atoms with Gasteiger partial charge in [-0.05, 0) is 69.9 Å². The van der Waals surface area contributed by atoms with E-state index in [1.807, 2.05) is 18.2 Å². The molecule has 0 radical (unpaired) electrons. The number of imidazole rings is 1. The Hall–Kier alpha value is -4.57. The highest BCUT2D eigenvalue weighted by Gasteiger charge is 2.16. The summed E-state index contributed by atoms with van der Waals surface area (Å²) in [5, 5.41) is 14.8. The third-order valence-electron chi connectivity index (χ3n) is 6.12. The monoisotopic (exact) mass is 498 g/mol. The Morgan fingerprint density at radius 3 is 2.75 bits per heavy atom. The standard InChI is InChI=1S/C25H19ClN8O2/c26-18-3-5-22(34-14-28-31-32-34)19(11-18)15-7-8-33(25(36)10-15)13-23-27-12-21(29-23)17-1-4-20-16(9-17)2-6-24(35)30-20/h1,3-5,7-12,14H,2,6,13H2,(H,27,29)(H,30,35). The fraction of sp³-hybridized carbons (Fsp3) is 0.120. The number of hydrogen-bond acceptors (Lipinski definition) is 6. The fourth-order valence-corrected chi connectivity index (χ4v) is 4.49. The number of carbonyl (C=O) groups is 1. The summed E-state index contributed by atoms with van der Waals surface area (Å²) < 4.78 is 3.10. The first-order chi connectivity index (χ1) is 17.5. The van der Waals surface area contributed by atoms with Crippen molar-refractivity contribution in [2.45, 2.75) is 19.4 Å². The zero-order chi connectivity index (χ0) is 24.6. The van der Waals surface area contributed by atoms with Gasteiger partial charge in [0.25, 0.3) is 5.56 Å². The number of H-pyrrole nitrogens is 1. The predicted octanol–water partition coefficient (Wildman–Crippen LogP) is 3.47. The first kappa shape index (κ1) is 21.9. The molecule has 3 aromatic heterocycles. The predicted molar refractivity (Wildman–Crippen MR) is 134 cm³/mol. The molecule has 6 rings (SSSR count). The smallest absolute Gasteiger partial charge is 0.251 e. The number of nitrogens with one attached hydrogen (secondary N) is 2. The Balaban J connectivity index is 1.26. The molecule has 2 aromatic carbocycles. The number of aromatic nitrogens is 7. The summed E-state index contributed by atoms with van der Waals surface area (Å²) in [5.41, 5.74) is 5.73. The van der Waals surface area contributed by atoms with Crippen molar-refractivity contribution in [1.29, 1.82) is 0 Å². The third-order valence-corrected chi connectivity index (χ3v) is 6.36. The van der Waals surface area contributed by atoms with Crippen LogP contribution in [0.3, 0.4) is 0 Å². The zero-order valence-corrected chi connectivity index (χ0v) is 19.6. The highest BCUT2D eigenvalue weighted by molar-refractivity contribution is 6.31. The maximum atomic E-state index is 13.0. The highest BCUT2D eigenvalue weighted by Crippen LogP contribution is 2.29. The molecule has 1 aliphatic rings. The number of amides is 1. The van der Waals surface area contributed by atoms with Gasteiger partial charge in [0, 0.05) is 35.0 Å². The Morgan fingerprint density at radius 1 is 1.00 bits per heavy atom. The van der Waals surface area contributed by atoms with Crippen LogP contribution in [0, 0.1) is 0 Å². The summed E-state index contributed by atoms with van der Waals surface area (Å²) in [6, 6.07) is 14.6. The van der Waals surface area contributed by atoms with Gasteiger partial charge in [0.1, 0.15) is 12.2 Å². The second kappa shape index (κ2) is 8.90. The average molecular weight is 499 g/mol. The normalized spacial score (nSPS) is 12.9. The third kappa shape index (κ3) is 4.18. The highest BCUT2D eigenvalue weighted by atomic mass is 35.5. The molecule has 2 N–H and O–H groups in total. The van der Waals surface area contributed by atoms with Crippen LogP contribution in [0.2, 0.25) is 5.02 Å². The summed E-state index contributed by atoms with van der Waals surface area (Å²) in [4.78, 5) is 32.3. The van der Waals surface area contributed by atoms with Crippen molar-refractivity contribution < 1.29 is 4.79 Å². The first-order valence-corrected chi connectivity index (χ1v) is 11.6. The van der Waals surface area contributed by atoms with E-state index in [4.69, 9.17) is 11.6 Å². The van der Waals surface area contributed by atoms with Crippen molar-refractivity contribution in [3.63, 3.8) is 0 Å². The molecule has 1 amide bonds. The van der Waals surface area contributed by atoms with Crippen molar-refractivity contribution in [2.24, 2.45) is 0 Å². The van der Waals surface area contributed by atoms with E-state index in [1.165, 1.54) is 11.0 Å². The van der Waals surface area contributed by atoms with Crippen LogP contribution in [0.4, 0.5) is 5.69 Å². The molecule has 10 nitrogen and oxygen atoms in total. The number of aromatic amines is 1. The van der Waals surface area contributed by atoms with Gasteiger partial charge >= 0.3 is 0 Å². The van der Waals surface area contributed by atoms with Crippen LogP contribution in [-0.2, 0) is 17.8 Å². The van der Waals surface area contributed by atoms with Crippen molar-refractivity contribution in [1.82, 2.24) is 34.7 Å². The SMILES string of the molecule is O=C1CCc2cc(-c3cnc(Cn4ccc(-c5cc(Cl)ccc5-n5cnnn5)cc4=O)[nH]3)ccc2N1. The molecular weight excluding hydrogens is 480 g/mol. The number of fused-ring (bicyclic) bond motifs is 1. The van der Waals surface area contributed by atoms with E-state index >= 15 is 0 Å². The van der Waals surface area contributed by atoms with E-state index in [9.17, 15) is 9.59 Å². The van der Waals surface area contributed by atoms with E-state index in [-0.39, 0.29) is 18.0 Å². The average Bonchev–Trinajstić information content (AvgIpc) is 3.58. The molecule has 0 aliphatic carbocycles. The number of rotatable bonds is 5. The molecule has 0 saturated carbocycles. The minimum Gasteiger partial charge on any atom is -0.340 e. The van der Waals surface area contributed by atoms with Crippen LogP contribution in [-0.4, -0.2) is 40.6 Å². The minimum atomic E-state index is -0.183. The molecule has 1 aliphatic heterocycles. The van der Waals surface area contributed by atoms with Gasteiger partial charge in [-0.3, -0.25) is 9.59 Å². The number of anilines is 1. The summed E-state index contributed by atoms with van der Waals surface area (Å²) in [5.74, 6) is 0.695. The molecule has 36 heavy (non-hydrogen) atoms. The van der Waals surface area contributed by atoms with Gasteiger partial charge < -0.3 is 14.9 Å². The first-order valence-electron chi connectivity index (χ1n) is 11.2. The molecule has 178 valence electrons. The number of aryl methyl sites for hydroxylation is 1. The lowest BCUT2D eigenvalue weighted by molar-refractivity contribution is -0.116. The van der Waals surface area contributed by atoms with E-state index in [1.54, 1.807) is 41.2 Å². The lowest BCUT2D eigenvalue weighted by Gasteiger charge is -2.17. The lowest BCUT2D eigenvalue weighted by Crippen LogP contribution is -2.20. The van der Waals surface area contributed by atoms with E-state index in [0.717, 1.165) is 28.1 Å². The topological polar surface area (TPSA) is 123 Å². The number of halogens is 1. The fourth-order valence-electron chi connectivity index (χ4n) is 4.32. The van der Waals surface area contributed by atoms with Gasteiger partial charge in [0.2, 0.25) is 5.91 Å². The molecule has 0 spiro atoms. The summed E-state index contributed by atoms with van der Waals surface area (Å²) in [6.45, 7) is 0.287. The molecule has 4 heterocycles. The maximum absolute atomic E-state index is 13.0. The van der Waals surface area contributed by atoms with Gasteiger partial charge in [-0.25, -0.2) is 4.98 Å². The Bertz CT molecular complexity index is 1660. The van der Waals surface area contributed by atoms with Crippen molar-refractivity contribution in [3.05, 3.63) is 94.0 Å². The molecule has 0 atom stereocenters. The number of tetrazole rings is 1. The summed E-state index contributed by atoms with van der Waals surface area (Å²) >= 11 is 6.23. The van der Waals surface area contributed by atoms with E-state index < -0.39 is 0 Å². The van der Waals surface area contributed by atoms with Gasteiger partial charge in [-0.15, -0.1) is 5.10 Å². The number of hydrogen-bond donors (Lipinski definition) is 2. The van der Waals surface area contributed by atoms with Crippen LogP contribution >= 0.6 is 11.6 Å².